The lowest BCUT2D eigenvalue weighted by molar-refractivity contribution is -0.122. The Morgan fingerprint density at radius 2 is 2.33 bits per heavy atom. The zero-order valence-electron chi connectivity index (χ0n) is 9.91. The van der Waals surface area contributed by atoms with Gasteiger partial charge in [0, 0.05) is 32.9 Å². The van der Waals surface area contributed by atoms with Crippen LogP contribution < -0.4 is 11.1 Å². The minimum absolute atomic E-state index is 0.0677. The fourth-order valence-corrected chi connectivity index (χ4v) is 3.47. The summed E-state index contributed by atoms with van der Waals surface area (Å²) in [6.07, 6.45) is 2.66. The molecule has 1 fully saturated rings. The zero-order chi connectivity index (χ0) is 13.3. The molecule has 0 saturated carbocycles. The van der Waals surface area contributed by atoms with Crippen LogP contribution >= 0.6 is 0 Å². The highest BCUT2D eigenvalue weighted by atomic mass is 32.2. The van der Waals surface area contributed by atoms with E-state index in [-0.39, 0.29) is 18.0 Å². The van der Waals surface area contributed by atoms with Crippen LogP contribution in [0.2, 0.25) is 0 Å². The van der Waals surface area contributed by atoms with Crippen molar-refractivity contribution in [2.45, 2.75) is 10.9 Å². The summed E-state index contributed by atoms with van der Waals surface area (Å²) in [5.74, 6) is -0.658. The van der Waals surface area contributed by atoms with Gasteiger partial charge in [0.2, 0.25) is 15.9 Å². The quantitative estimate of drug-likeness (QED) is 0.653. The number of amides is 1. The van der Waals surface area contributed by atoms with Crippen molar-refractivity contribution < 1.29 is 13.2 Å². The Kier molecular flexibility index (Phi) is 3.37. The Morgan fingerprint density at radius 1 is 1.61 bits per heavy atom. The molecule has 3 N–H and O–H groups in total. The molecular formula is C9H15N5O3S. The van der Waals surface area contributed by atoms with Crippen LogP contribution in [-0.2, 0) is 21.9 Å². The van der Waals surface area contributed by atoms with Crippen LogP contribution in [-0.4, -0.2) is 54.1 Å². The number of primary amides is 1. The lowest BCUT2D eigenvalue weighted by Gasteiger charge is -2.32. The first kappa shape index (κ1) is 13.0. The number of nitrogens with zero attached hydrogens (tertiary/aromatic N) is 3. The van der Waals surface area contributed by atoms with Gasteiger partial charge in [-0.05, 0) is 0 Å². The van der Waals surface area contributed by atoms with E-state index in [0.29, 0.717) is 6.54 Å². The second-order valence-corrected chi connectivity index (χ2v) is 5.98. The smallest absolute Gasteiger partial charge is 0.247 e. The van der Waals surface area contributed by atoms with Crippen molar-refractivity contribution in [1.82, 2.24) is 19.4 Å². The van der Waals surface area contributed by atoms with Crippen LogP contribution in [0.3, 0.4) is 0 Å². The summed E-state index contributed by atoms with van der Waals surface area (Å²) in [5, 5.41) is 6.77. The molecule has 1 aromatic rings. The molecule has 1 unspecified atom stereocenters. The van der Waals surface area contributed by atoms with Crippen LogP contribution in [0.25, 0.3) is 0 Å². The van der Waals surface area contributed by atoms with E-state index in [4.69, 9.17) is 5.73 Å². The Hall–Kier alpha value is -1.45. The van der Waals surface area contributed by atoms with E-state index in [1.165, 1.54) is 17.1 Å². The van der Waals surface area contributed by atoms with Crippen LogP contribution in [0.1, 0.15) is 0 Å². The average Bonchev–Trinajstić information content (AvgIpc) is 2.76. The van der Waals surface area contributed by atoms with Crippen molar-refractivity contribution in [2.75, 3.05) is 19.6 Å². The van der Waals surface area contributed by atoms with Gasteiger partial charge in [0.1, 0.15) is 10.9 Å². The van der Waals surface area contributed by atoms with E-state index < -0.39 is 22.0 Å². The standard InChI is InChI=1S/C9H15N5O3S/c1-13-6-7(4-12-13)18(16,17)14-3-2-11-5-8(14)9(10)15/h4,6,8,11H,2-3,5H2,1H3,(H2,10,15). The van der Waals surface area contributed by atoms with Crippen LogP contribution in [0.15, 0.2) is 17.3 Å². The first-order chi connectivity index (χ1) is 8.43. The molecule has 1 aliphatic heterocycles. The number of rotatable bonds is 3. The van der Waals surface area contributed by atoms with Crippen molar-refractivity contribution >= 4 is 15.9 Å². The first-order valence-electron chi connectivity index (χ1n) is 5.43. The summed E-state index contributed by atoms with van der Waals surface area (Å²) in [5.41, 5.74) is 5.23. The molecule has 0 bridgehead atoms. The molecule has 9 heteroatoms. The van der Waals surface area contributed by atoms with Crippen molar-refractivity contribution in [3.8, 4) is 0 Å². The predicted molar refractivity (Wildman–Crippen MR) is 63.0 cm³/mol. The number of piperazine rings is 1. The van der Waals surface area contributed by atoms with Gasteiger partial charge >= 0.3 is 0 Å². The molecule has 0 radical (unpaired) electrons. The minimum Gasteiger partial charge on any atom is -0.368 e. The van der Waals surface area contributed by atoms with Crippen LogP contribution in [0.5, 0.6) is 0 Å². The number of carbonyl (C=O) groups excluding carboxylic acids is 1. The Balaban J connectivity index is 2.36. The van der Waals surface area contributed by atoms with Crippen molar-refractivity contribution in [2.24, 2.45) is 12.8 Å². The third-order valence-corrected chi connectivity index (χ3v) is 4.67. The summed E-state index contributed by atoms with van der Waals surface area (Å²) in [4.78, 5) is 11.4. The molecule has 8 nitrogen and oxygen atoms in total. The molecule has 18 heavy (non-hydrogen) atoms. The van der Waals surface area contributed by atoms with E-state index >= 15 is 0 Å². The molecule has 0 aliphatic carbocycles. The lowest BCUT2D eigenvalue weighted by Crippen LogP contribution is -2.58. The van der Waals surface area contributed by atoms with Gasteiger partial charge in [-0.2, -0.15) is 9.40 Å². The Bertz CT molecular complexity index is 552. The maximum atomic E-state index is 12.4. The number of nitrogens with two attached hydrogens (primary N) is 1. The molecule has 1 aromatic heterocycles. The molecule has 1 atom stereocenters. The summed E-state index contributed by atoms with van der Waals surface area (Å²) >= 11 is 0. The van der Waals surface area contributed by atoms with Crippen molar-refractivity contribution in [3.05, 3.63) is 12.4 Å². The summed E-state index contributed by atoms with van der Waals surface area (Å²) in [6, 6.07) is -0.857. The highest BCUT2D eigenvalue weighted by molar-refractivity contribution is 7.89. The van der Waals surface area contributed by atoms with E-state index in [1.54, 1.807) is 7.05 Å². The molecular weight excluding hydrogens is 258 g/mol. The normalized spacial score (nSPS) is 21.9. The fourth-order valence-electron chi connectivity index (χ4n) is 1.88. The highest BCUT2D eigenvalue weighted by Crippen LogP contribution is 2.18. The molecule has 1 amide bonds. The summed E-state index contributed by atoms with van der Waals surface area (Å²) in [7, 11) is -2.10. The molecule has 2 rings (SSSR count). The van der Waals surface area contributed by atoms with Gasteiger partial charge in [0.05, 0.1) is 6.20 Å². The lowest BCUT2D eigenvalue weighted by atomic mass is 10.2. The Labute approximate surface area is 105 Å². The predicted octanol–water partition coefficient (Wildman–Crippen LogP) is -2.13. The summed E-state index contributed by atoms with van der Waals surface area (Å²) < 4.78 is 27.2. The average molecular weight is 273 g/mol. The van der Waals surface area contributed by atoms with Gasteiger partial charge in [-0.25, -0.2) is 8.42 Å². The SMILES string of the molecule is Cn1cc(S(=O)(=O)N2CCNCC2C(N)=O)cn1. The monoisotopic (exact) mass is 273 g/mol. The van der Waals surface area contributed by atoms with Crippen LogP contribution in [0, 0.1) is 0 Å². The highest BCUT2D eigenvalue weighted by Gasteiger charge is 2.37. The van der Waals surface area contributed by atoms with Crippen molar-refractivity contribution in [3.63, 3.8) is 0 Å². The largest absolute Gasteiger partial charge is 0.368 e. The Morgan fingerprint density at radius 3 is 2.89 bits per heavy atom. The molecule has 2 heterocycles. The molecule has 1 saturated heterocycles. The molecule has 0 aromatic carbocycles. The molecule has 0 spiro atoms. The van der Waals surface area contributed by atoms with Gasteiger partial charge in [0.25, 0.3) is 0 Å². The second kappa shape index (κ2) is 4.67. The summed E-state index contributed by atoms with van der Waals surface area (Å²) in [6.45, 7) is 0.933. The van der Waals surface area contributed by atoms with E-state index in [1.807, 2.05) is 0 Å². The molecule has 1 aliphatic rings. The number of nitrogens with one attached hydrogen (secondary N) is 1. The fraction of sp³-hybridized carbons (Fsp3) is 0.556. The first-order valence-corrected chi connectivity index (χ1v) is 6.87. The second-order valence-electron chi connectivity index (χ2n) is 4.09. The van der Waals surface area contributed by atoms with E-state index in [2.05, 4.69) is 10.4 Å². The van der Waals surface area contributed by atoms with Gasteiger partial charge in [-0.3, -0.25) is 9.48 Å². The van der Waals surface area contributed by atoms with E-state index in [0.717, 1.165) is 4.31 Å². The van der Waals surface area contributed by atoms with Gasteiger partial charge in [-0.15, -0.1) is 0 Å². The minimum atomic E-state index is -3.73. The number of sulfonamides is 1. The van der Waals surface area contributed by atoms with Crippen LogP contribution in [0.4, 0.5) is 0 Å². The third-order valence-electron chi connectivity index (χ3n) is 2.81. The number of hydrogen-bond donors (Lipinski definition) is 2. The number of aromatic nitrogens is 2. The zero-order valence-corrected chi connectivity index (χ0v) is 10.7. The maximum Gasteiger partial charge on any atom is 0.247 e. The maximum absolute atomic E-state index is 12.4. The third kappa shape index (κ3) is 2.24. The topological polar surface area (TPSA) is 110 Å². The van der Waals surface area contributed by atoms with Gasteiger partial charge < -0.3 is 11.1 Å². The number of carbonyl (C=O) groups is 1. The molecule has 100 valence electrons. The van der Waals surface area contributed by atoms with E-state index in [9.17, 15) is 13.2 Å². The number of hydrogen-bond acceptors (Lipinski definition) is 5. The number of aryl methyl sites for hydroxylation is 1. The van der Waals surface area contributed by atoms with Gasteiger partial charge in [0.15, 0.2) is 0 Å². The van der Waals surface area contributed by atoms with Crippen molar-refractivity contribution in [1.29, 1.82) is 0 Å². The van der Waals surface area contributed by atoms with Gasteiger partial charge in [-0.1, -0.05) is 0 Å².